The Balaban J connectivity index is 1.82. The van der Waals surface area contributed by atoms with Crippen molar-refractivity contribution in [2.24, 2.45) is 0 Å². The SMILES string of the molecule is CC(C)(CNC(=O)NC1CCC(O)CC1)c1cccc(Cl)c1. The second-order valence-electron chi connectivity index (χ2n) is 6.73. The van der Waals surface area contributed by atoms with E-state index in [4.69, 9.17) is 11.6 Å². The summed E-state index contributed by atoms with van der Waals surface area (Å²) in [6, 6.07) is 7.75. The average Bonchev–Trinajstić information content (AvgIpc) is 2.48. The maximum atomic E-state index is 12.0. The summed E-state index contributed by atoms with van der Waals surface area (Å²) in [6.07, 6.45) is 3.00. The molecule has 122 valence electrons. The van der Waals surface area contributed by atoms with Gasteiger partial charge in [-0.15, -0.1) is 0 Å². The van der Waals surface area contributed by atoms with Crippen LogP contribution < -0.4 is 10.6 Å². The fraction of sp³-hybridized carbons (Fsp3) is 0.588. The molecule has 0 saturated heterocycles. The quantitative estimate of drug-likeness (QED) is 0.796. The minimum absolute atomic E-state index is 0.142. The Hall–Kier alpha value is -1.26. The number of carbonyl (C=O) groups is 1. The number of rotatable bonds is 4. The number of hydrogen-bond acceptors (Lipinski definition) is 2. The van der Waals surface area contributed by atoms with E-state index in [0.29, 0.717) is 11.6 Å². The van der Waals surface area contributed by atoms with Gasteiger partial charge in [0.1, 0.15) is 0 Å². The van der Waals surface area contributed by atoms with E-state index in [1.807, 2.05) is 24.3 Å². The lowest BCUT2D eigenvalue weighted by atomic mass is 9.84. The number of nitrogens with one attached hydrogen (secondary N) is 2. The van der Waals surface area contributed by atoms with Crippen molar-refractivity contribution in [3.05, 3.63) is 34.9 Å². The van der Waals surface area contributed by atoms with Gasteiger partial charge in [0.2, 0.25) is 0 Å². The van der Waals surface area contributed by atoms with E-state index in [2.05, 4.69) is 24.5 Å². The van der Waals surface area contributed by atoms with Gasteiger partial charge in [0.25, 0.3) is 0 Å². The van der Waals surface area contributed by atoms with Crippen LogP contribution in [0.4, 0.5) is 4.79 Å². The summed E-state index contributed by atoms with van der Waals surface area (Å²) >= 11 is 6.03. The summed E-state index contributed by atoms with van der Waals surface area (Å²) in [5.74, 6) is 0. The minimum atomic E-state index is -0.206. The standard InChI is InChI=1S/C17H25ClN2O2/c1-17(2,12-4-3-5-13(18)10-12)11-19-16(22)20-14-6-8-15(21)9-7-14/h3-5,10,14-15,21H,6-9,11H2,1-2H3,(H2,19,20,22). The lowest BCUT2D eigenvalue weighted by molar-refractivity contribution is 0.117. The number of hydrogen-bond donors (Lipinski definition) is 3. The predicted molar refractivity (Wildman–Crippen MR) is 89.3 cm³/mol. The van der Waals surface area contributed by atoms with Gasteiger partial charge in [-0.2, -0.15) is 0 Å². The third kappa shape index (κ3) is 4.89. The number of benzene rings is 1. The Morgan fingerprint density at radius 2 is 2.00 bits per heavy atom. The first kappa shape index (κ1) is 17.1. The largest absolute Gasteiger partial charge is 0.393 e. The Labute approximate surface area is 137 Å². The van der Waals surface area contributed by atoms with Crippen molar-refractivity contribution in [3.63, 3.8) is 0 Å². The van der Waals surface area contributed by atoms with E-state index in [1.54, 1.807) is 0 Å². The third-order valence-corrected chi connectivity index (χ3v) is 4.56. The molecule has 0 spiro atoms. The monoisotopic (exact) mass is 324 g/mol. The first-order chi connectivity index (χ1) is 10.4. The molecule has 0 atom stereocenters. The van der Waals surface area contributed by atoms with Crippen LogP contribution in [0.5, 0.6) is 0 Å². The van der Waals surface area contributed by atoms with Crippen LogP contribution in [0.3, 0.4) is 0 Å². The predicted octanol–water partition coefficient (Wildman–Crippen LogP) is 3.22. The normalized spacial score (nSPS) is 22.2. The highest BCUT2D eigenvalue weighted by atomic mass is 35.5. The third-order valence-electron chi connectivity index (χ3n) is 4.33. The van der Waals surface area contributed by atoms with Gasteiger partial charge < -0.3 is 15.7 Å². The van der Waals surface area contributed by atoms with Gasteiger partial charge in [0.05, 0.1) is 6.10 Å². The summed E-state index contributed by atoms with van der Waals surface area (Å²) in [5, 5.41) is 16.1. The smallest absolute Gasteiger partial charge is 0.315 e. The van der Waals surface area contributed by atoms with Gasteiger partial charge in [-0.25, -0.2) is 4.79 Å². The Kier molecular flexibility index (Phi) is 5.70. The zero-order valence-corrected chi connectivity index (χ0v) is 14.0. The molecule has 3 N–H and O–H groups in total. The Morgan fingerprint density at radius 1 is 1.32 bits per heavy atom. The summed E-state index contributed by atoms with van der Waals surface area (Å²) in [4.78, 5) is 12.0. The highest BCUT2D eigenvalue weighted by Crippen LogP contribution is 2.25. The summed E-state index contributed by atoms with van der Waals surface area (Å²) in [6.45, 7) is 4.69. The van der Waals surface area contributed by atoms with Crippen LogP contribution in [0.1, 0.15) is 45.1 Å². The highest BCUT2D eigenvalue weighted by molar-refractivity contribution is 6.30. The molecule has 1 aromatic rings. The van der Waals surface area contributed by atoms with E-state index in [9.17, 15) is 9.90 Å². The molecule has 2 amide bonds. The molecule has 1 aliphatic rings. The van der Waals surface area contributed by atoms with Gasteiger partial charge in [0, 0.05) is 23.0 Å². The maximum Gasteiger partial charge on any atom is 0.315 e. The molecule has 1 fully saturated rings. The van der Waals surface area contributed by atoms with Crippen LogP contribution in [0.25, 0.3) is 0 Å². The molecule has 0 aliphatic heterocycles. The van der Waals surface area contributed by atoms with Crippen LogP contribution in [0.2, 0.25) is 5.02 Å². The molecule has 0 unspecified atom stereocenters. The first-order valence-corrected chi connectivity index (χ1v) is 8.23. The van der Waals surface area contributed by atoms with Crippen molar-refractivity contribution < 1.29 is 9.90 Å². The molecule has 0 aromatic heterocycles. The number of urea groups is 1. The van der Waals surface area contributed by atoms with Crippen molar-refractivity contribution in [3.8, 4) is 0 Å². The molecular formula is C17H25ClN2O2. The van der Waals surface area contributed by atoms with Gasteiger partial charge in [-0.1, -0.05) is 37.6 Å². The average molecular weight is 325 g/mol. The molecule has 4 nitrogen and oxygen atoms in total. The molecule has 1 aliphatic carbocycles. The van der Waals surface area contributed by atoms with Crippen molar-refractivity contribution >= 4 is 17.6 Å². The van der Waals surface area contributed by atoms with E-state index < -0.39 is 0 Å². The molecule has 5 heteroatoms. The molecular weight excluding hydrogens is 300 g/mol. The molecule has 0 heterocycles. The fourth-order valence-electron chi connectivity index (χ4n) is 2.77. The van der Waals surface area contributed by atoms with E-state index >= 15 is 0 Å². The molecule has 1 aromatic carbocycles. The summed E-state index contributed by atoms with van der Waals surface area (Å²) < 4.78 is 0. The number of amides is 2. The molecule has 0 radical (unpaired) electrons. The molecule has 2 rings (SSSR count). The van der Waals surface area contributed by atoms with Gasteiger partial charge in [-0.3, -0.25) is 0 Å². The second-order valence-corrected chi connectivity index (χ2v) is 7.16. The van der Waals surface area contributed by atoms with Crippen molar-refractivity contribution in [2.75, 3.05) is 6.54 Å². The number of aliphatic hydroxyl groups excluding tert-OH is 1. The van der Waals surface area contributed by atoms with Gasteiger partial charge >= 0.3 is 6.03 Å². The lowest BCUT2D eigenvalue weighted by Crippen LogP contribution is -2.47. The minimum Gasteiger partial charge on any atom is -0.393 e. The van der Waals surface area contributed by atoms with Crippen molar-refractivity contribution in [2.45, 2.75) is 57.1 Å². The van der Waals surface area contributed by atoms with E-state index in [-0.39, 0.29) is 23.6 Å². The summed E-state index contributed by atoms with van der Waals surface area (Å²) in [7, 11) is 0. The van der Waals surface area contributed by atoms with Crippen LogP contribution >= 0.6 is 11.6 Å². The van der Waals surface area contributed by atoms with Gasteiger partial charge in [0.15, 0.2) is 0 Å². The van der Waals surface area contributed by atoms with E-state index in [0.717, 1.165) is 31.2 Å². The van der Waals surface area contributed by atoms with E-state index in [1.165, 1.54) is 0 Å². The topological polar surface area (TPSA) is 61.4 Å². The molecule has 1 saturated carbocycles. The van der Waals surface area contributed by atoms with Crippen LogP contribution in [-0.4, -0.2) is 29.8 Å². The first-order valence-electron chi connectivity index (χ1n) is 7.85. The zero-order chi connectivity index (χ0) is 16.2. The lowest BCUT2D eigenvalue weighted by Gasteiger charge is -2.28. The Morgan fingerprint density at radius 3 is 2.64 bits per heavy atom. The zero-order valence-electron chi connectivity index (χ0n) is 13.2. The number of aliphatic hydroxyl groups is 1. The number of halogens is 1. The highest BCUT2D eigenvalue weighted by Gasteiger charge is 2.24. The fourth-order valence-corrected chi connectivity index (χ4v) is 2.96. The summed E-state index contributed by atoms with van der Waals surface area (Å²) in [5.41, 5.74) is 0.909. The van der Waals surface area contributed by atoms with Crippen LogP contribution in [-0.2, 0) is 5.41 Å². The van der Waals surface area contributed by atoms with Crippen molar-refractivity contribution in [1.82, 2.24) is 10.6 Å². The van der Waals surface area contributed by atoms with Crippen LogP contribution in [0, 0.1) is 0 Å². The number of carbonyl (C=O) groups excluding carboxylic acids is 1. The van der Waals surface area contributed by atoms with Gasteiger partial charge in [-0.05, 0) is 43.4 Å². The van der Waals surface area contributed by atoms with Crippen LogP contribution in [0.15, 0.2) is 24.3 Å². The molecule has 22 heavy (non-hydrogen) atoms. The second kappa shape index (κ2) is 7.34. The maximum absolute atomic E-state index is 12.0. The van der Waals surface area contributed by atoms with Crippen molar-refractivity contribution in [1.29, 1.82) is 0 Å². The molecule has 0 bridgehead atoms. The Bertz CT molecular complexity index is 511.